The van der Waals surface area contributed by atoms with Crippen molar-refractivity contribution in [3.05, 3.63) is 69.8 Å². The number of carbonyl (C=O) groups excluding carboxylic acids is 2. The summed E-state index contributed by atoms with van der Waals surface area (Å²) in [7, 11) is 1.68. The van der Waals surface area contributed by atoms with Gasteiger partial charge >= 0.3 is 0 Å². The zero-order chi connectivity index (χ0) is 21.1. The van der Waals surface area contributed by atoms with Crippen LogP contribution in [0.15, 0.2) is 48.5 Å². The quantitative estimate of drug-likeness (QED) is 0.551. The summed E-state index contributed by atoms with van der Waals surface area (Å²) in [6.45, 7) is 4.24. The monoisotopic (exact) mass is 395 g/mol. The maximum atomic E-state index is 13.0. The molecule has 3 rings (SSSR count). The lowest BCUT2D eigenvalue weighted by Crippen LogP contribution is -2.36. The van der Waals surface area contributed by atoms with Gasteiger partial charge < -0.3 is 9.80 Å². The van der Waals surface area contributed by atoms with Gasteiger partial charge in [0.15, 0.2) is 0 Å². The van der Waals surface area contributed by atoms with Crippen molar-refractivity contribution >= 4 is 23.2 Å². The second-order valence-corrected chi connectivity index (χ2v) is 7.40. The van der Waals surface area contributed by atoms with E-state index in [0.29, 0.717) is 12.1 Å². The molecule has 1 fully saturated rings. The zero-order valence-corrected chi connectivity index (χ0v) is 16.9. The van der Waals surface area contributed by atoms with Crippen molar-refractivity contribution in [3.63, 3.8) is 0 Å². The molecule has 152 valence electrons. The van der Waals surface area contributed by atoms with E-state index in [9.17, 15) is 19.7 Å². The molecule has 1 aliphatic rings. The van der Waals surface area contributed by atoms with Crippen LogP contribution >= 0.6 is 0 Å². The average Bonchev–Trinajstić information content (AvgIpc) is 3.13. The fourth-order valence-corrected chi connectivity index (χ4v) is 3.63. The van der Waals surface area contributed by atoms with E-state index in [2.05, 4.69) is 6.92 Å². The fraction of sp³-hybridized carbons (Fsp3) is 0.364. The third-order valence-corrected chi connectivity index (χ3v) is 5.62. The Bertz CT molecular complexity index is 926. The lowest BCUT2D eigenvalue weighted by atomic mass is 10.0. The molecule has 0 aliphatic carbocycles. The maximum absolute atomic E-state index is 13.0. The van der Waals surface area contributed by atoms with E-state index >= 15 is 0 Å². The van der Waals surface area contributed by atoms with E-state index in [1.165, 1.54) is 17.7 Å². The van der Waals surface area contributed by atoms with Crippen LogP contribution in [0.25, 0.3) is 0 Å². The number of carbonyl (C=O) groups is 2. The molecule has 0 radical (unpaired) electrons. The first-order valence-corrected chi connectivity index (χ1v) is 9.72. The van der Waals surface area contributed by atoms with E-state index in [-0.39, 0.29) is 30.0 Å². The van der Waals surface area contributed by atoms with Gasteiger partial charge in [-0.05, 0) is 36.6 Å². The number of nitro groups is 1. The molecule has 0 N–H and O–H groups in total. The van der Waals surface area contributed by atoms with Crippen LogP contribution in [0, 0.1) is 16.0 Å². The molecule has 7 heteroatoms. The summed E-state index contributed by atoms with van der Waals surface area (Å²) in [5.41, 5.74) is 2.68. The van der Waals surface area contributed by atoms with Crippen molar-refractivity contribution in [2.24, 2.45) is 5.92 Å². The van der Waals surface area contributed by atoms with Crippen molar-refractivity contribution in [1.29, 1.82) is 0 Å². The van der Waals surface area contributed by atoms with Gasteiger partial charge in [-0.2, -0.15) is 0 Å². The van der Waals surface area contributed by atoms with Gasteiger partial charge in [0, 0.05) is 37.8 Å². The molecule has 7 nitrogen and oxygen atoms in total. The first kappa shape index (κ1) is 20.5. The van der Waals surface area contributed by atoms with E-state index in [1.807, 2.05) is 31.2 Å². The Morgan fingerprint density at radius 1 is 1.28 bits per heavy atom. The molecule has 1 saturated heterocycles. The van der Waals surface area contributed by atoms with E-state index in [0.717, 1.165) is 12.1 Å². The fourth-order valence-electron chi connectivity index (χ4n) is 3.63. The molecule has 0 unspecified atom stereocenters. The number of nitrogens with zero attached hydrogens (tertiary/aromatic N) is 3. The minimum absolute atomic E-state index is 0.00653. The Labute approximate surface area is 170 Å². The topological polar surface area (TPSA) is 83.8 Å². The van der Waals surface area contributed by atoms with Crippen LogP contribution < -0.4 is 4.90 Å². The molecule has 29 heavy (non-hydrogen) atoms. The standard InChI is InChI=1S/C22H25N3O4/c1-4-16-8-10-19(11-9-16)24-14-18(13-21(24)26)22(27)23(3)15(2)17-6-5-7-20(12-17)25(28)29/h5-12,15,18H,4,13-14H2,1-3H3/t15-,18-/m0/s1. The number of non-ortho nitro benzene ring substituents is 1. The van der Waals surface area contributed by atoms with Crippen LogP contribution in [0.5, 0.6) is 0 Å². The van der Waals surface area contributed by atoms with Crippen LogP contribution in [0.4, 0.5) is 11.4 Å². The first-order valence-electron chi connectivity index (χ1n) is 9.72. The Morgan fingerprint density at radius 3 is 2.59 bits per heavy atom. The highest BCUT2D eigenvalue weighted by atomic mass is 16.6. The summed E-state index contributed by atoms with van der Waals surface area (Å²) in [6, 6.07) is 13.8. The smallest absolute Gasteiger partial charge is 0.269 e. The third-order valence-electron chi connectivity index (χ3n) is 5.62. The number of nitro benzene ring substituents is 1. The molecular formula is C22H25N3O4. The van der Waals surface area contributed by atoms with Crippen molar-refractivity contribution < 1.29 is 14.5 Å². The molecule has 0 saturated carbocycles. The highest BCUT2D eigenvalue weighted by Crippen LogP contribution is 2.29. The molecule has 0 spiro atoms. The normalized spacial score (nSPS) is 17.3. The molecule has 0 bridgehead atoms. The summed E-state index contributed by atoms with van der Waals surface area (Å²) >= 11 is 0. The van der Waals surface area contributed by atoms with Gasteiger partial charge in [0.05, 0.1) is 16.9 Å². The van der Waals surface area contributed by atoms with Crippen LogP contribution in [0.2, 0.25) is 0 Å². The number of anilines is 1. The second-order valence-electron chi connectivity index (χ2n) is 7.40. The number of amides is 2. The summed E-state index contributed by atoms with van der Waals surface area (Å²) in [4.78, 5) is 39.3. The van der Waals surface area contributed by atoms with Crippen LogP contribution in [-0.4, -0.2) is 35.2 Å². The average molecular weight is 395 g/mol. The molecule has 0 aromatic heterocycles. The minimum atomic E-state index is -0.449. The predicted molar refractivity (Wildman–Crippen MR) is 111 cm³/mol. The molecule has 2 aromatic carbocycles. The van der Waals surface area contributed by atoms with Gasteiger partial charge in [-0.15, -0.1) is 0 Å². The van der Waals surface area contributed by atoms with Crippen LogP contribution in [0.1, 0.15) is 37.4 Å². The summed E-state index contributed by atoms with van der Waals surface area (Å²) in [6.07, 6.45) is 1.09. The predicted octanol–water partition coefficient (Wildman–Crippen LogP) is 3.73. The SMILES string of the molecule is CCc1ccc(N2C[C@@H](C(=O)N(C)[C@@H](C)c3cccc([N+](=O)[O-])c3)CC2=O)cc1. The summed E-state index contributed by atoms with van der Waals surface area (Å²) in [5.74, 6) is -0.631. The first-order chi connectivity index (χ1) is 13.8. The van der Waals surface area contributed by atoms with E-state index in [4.69, 9.17) is 0 Å². The largest absolute Gasteiger partial charge is 0.339 e. The van der Waals surface area contributed by atoms with Crippen molar-refractivity contribution in [3.8, 4) is 0 Å². The number of hydrogen-bond acceptors (Lipinski definition) is 4. The van der Waals surface area contributed by atoms with Crippen molar-refractivity contribution in [1.82, 2.24) is 4.90 Å². The Morgan fingerprint density at radius 2 is 1.97 bits per heavy atom. The maximum Gasteiger partial charge on any atom is 0.269 e. The summed E-state index contributed by atoms with van der Waals surface area (Å²) < 4.78 is 0. The second kappa shape index (κ2) is 8.43. The van der Waals surface area contributed by atoms with Gasteiger partial charge in [0.25, 0.3) is 5.69 Å². The van der Waals surface area contributed by atoms with Gasteiger partial charge in [0.2, 0.25) is 11.8 Å². The molecule has 2 amide bonds. The number of rotatable bonds is 6. The van der Waals surface area contributed by atoms with Gasteiger partial charge in [-0.1, -0.05) is 31.2 Å². The molecule has 2 atom stereocenters. The lowest BCUT2D eigenvalue weighted by Gasteiger charge is -2.27. The third kappa shape index (κ3) is 4.29. The van der Waals surface area contributed by atoms with Crippen molar-refractivity contribution in [2.45, 2.75) is 32.7 Å². The van der Waals surface area contributed by atoms with Gasteiger partial charge in [0.1, 0.15) is 0 Å². The van der Waals surface area contributed by atoms with Gasteiger partial charge in [-0.3, -0.25) is 19.7 Å². The van der Waals surface area contributed by atoms with E-state index < -0.39 is 10.8 Å². The van der Waals surface area contributed by atoms with Crippen LogP contribution in [0.3, 0.4) is 0 Å². The Kier molecular flexibility index (Phi) is 5.96. The molecule has 1 heterocycles. The van der Waals surface area contributed by atoms with Crippen molar-refractivity contribution in [2.75, 3.05) is 18.5 Å². The minimum Gasteiger partial charge on any atom is -0.339 e. The van der Waals surface area contributed by atoms with Crippen LogP contribution in [-0.2, 0) is 16.0 Å². The Hall–Kier alpha value is -3.22. The summed E-state index contributed by atoms with van der Waals surface area (Å²) in [5, 5.41) is 11.0. The lowest BCUT2D eigenvalue weighted by molar-refractivity contribution is -0.384. The van der Waals surface area contributed by atoms with Gasteiger partial charge in [-0.25, -0.2) is 0 Å². The molecular weight excluding hydrogens is 370 g/mol. The molecule has 1 aliphatic heterocycles. The van der Waals surface area contributed by atoms with E-state index in [1.54, 1.807) is 29.0 Å². The highest BCUT2D eigenvalue weighted by Gasteiger charge is 2.37. The number of aryl methyl sites for hydroxylation is 1. The zero-order valence-electron chi connectivity index (χ0n) is 16.9. The Balaban J connectivity index is 1.71. The number of hydrogen-bond donors (Lipinski definition) is 0. The molecule has 2 aromatic rings. The highest BCUT2D eigenvalue weighted by molar-refractivity contribution is 6.00. The number of benzene rings is 2.